The van der Waals surface area contributed by atoms with E-state index in [0.29, 0.717) is 23.3 Å². The van der Waals surface area contributed by atoms with Crippen LogP contribution in [0.3, 0.4) is 0 Å². The fourth-order valence-corrected chi connectivity index (χ4v) is 2.39. The molecule has 0 N–H and O–H groups in total. The smallest absolute Gasteiger partial charge is 0.344 e. The first-order valence-corrected chi connectivity index (χ1v) is 7.78. The summed E-state index contributed by atoms with van der Waals surface area (Å²) in [5.41, 5.74) is 0.0262. The number of hydrogen-bond donors (Lipinski definition) is 0. The first-order chi connectivity index (χ1) is 11.5. The van der Waals surface area contributed by atoms with Crippen LogP contribution >= 0.6 is 0 Å². The molecule has 2 aromatic carbocycles. The van der Waals surface area contributed by atoms with Crippen LogP contribution < -0.4 is 10.4 Å². The summed E-state index contributed by atoms with van der Waals surface area (Å²) in [4.78, 5) is 23.6. The van der Waals surface area contributed by atoms with Crippen molar-refractivity contribution in [1.82, 2.24) is 0 Å². The number of rotatable bonds is 5. The van der Waals surface area contributed by atoms with Gasteiger partial charge in [0.05, 0.1) is 12.0 Å². The quantitative estimate of drug-likeness (QED) is 0.408. The minimum Gasteiger partial charge on any atom is -0.482 e. The number of ether oxygens (including phenoxy) is 2. The lowest BCUT2D eigenvalue weighted by Gasteiger charge is -2.09. The predicted octanol–water partition coefficient (Wildman–Crippen LogP) is 3.52. The van der Waals surface area contributed by atoms with E-state index in [9.17, 15) is 9.59 Å². The molecule has 0 aliphatic carbocycles. The van der Waals surface area contributed by atoms with Crippen molar-refractivity contribution in [2.75, 3.05) is 13.2 Å². The summed E-state index contributed by atoms with van der Waals surface area (Å²) in [6.45, 7) is 4.10. The Hall–Kier alpha value is -2.82. The largest absolute Gasteiger partial charge is 0.482 e. The molecule has 0 saturated heterocycles. The van der Waals surface area contributed by atoms with Gasteiger partial charge in [0.1, 0.15) is 11.3 Å². The number of esters is 1. The molecule has 5 nitrogen and oxygen atoms in total. The Kier molecular flexibility index (Phi) is 4.51. The summed E-state index contributed by atoms with van der Waals surface area (Å²) in [6.07, 6.45) is 0. The lowest BCUT2D eigenvalue weighted by Crippen LogP contribution is -2.17. The van der Waals surface area contributed by atoms with Gasteiger partial charge >= 0.3 is 11.6 Å². The van der Waals surface area contributed by atoms with Crippen molar-refractivity contribution >= 4 is 27.7 Å². The van der Waals surface area contributed by atoms with E-state index in [-0.39, 0.29) is 12.5 Å². The highest BCUT2D eigenvalue weighted by Gasteiger charge is 2.10. The molecule has 0 radical (unpaired) electrons. The van der Waals surface area contributed by atoms with E-state index in [2.05, 4.69) is 0 Å². The van der Waals surface area contributed by atoms with Crippen LogP contribution in [0.15, 0.2) is 51.7 Å². The fourth-order valence-electron chi connectivity index (χ4n) is 2.39. The van der Waals surface area contributed by atoms with E-state index in [1.165, 1.54) is 0 Å². The summed E-state index contributed by atoms with van der Waals surface area (Å²) in [6, 6.07) is 12.4. The molecule has 1 aromatic heterocycles. The van der Waals surface area contributed by atoms with Crippen molar-refractivity contribution in [2.45, 2.75) is 13.8 Å². The Morgan fingerprint density at radius 2 is 1.83 bits per heavy atom. The Morgan fingerprint density at radius 3 is 2.58 bits per heavy atom. The summed E-state index contributed by atoms with van der Waals surface area (Å²) >= 11 is 0. The highest BCUT2D eigenvalue weighted by atomic mass is 16.6. The van der Waals surface area contributed by atoms with Crippen LogP contribution in [0.2, 0.25) is 0 Å². The maximum absolute atomic E-state index is 12.0. The molecule has 0 spiro atoms. The molecule has 124 valence electrons. The molecular formula is C19H18O5. The highest BCUT2D eigenvalue weighted by Crippen LogP contribution is 2.26. The van der Waals surface area contributed by atoms with E-state index in [1.807, 2.05) is 32.0 Å². The van der Waals surface area contributed by atoms with Crippen molar-refractivity contribution in [1.29, 1.82) is 0 Å². The van der Waals surface area contributed by atoms with Gasteiger partial charge in [-0.1, -0.05) is 32.0 Å². The molecule has 0 amide bonds. The van der Waals surface area contributed by atoms with Crippen LogP contribution in [-0.4, -0.2) is 19.2 Å². The van der Waals surface area contributed by atoms with Crippen molar-refractivity contribution in [3.8, 4) is 5.75 Å². The topological polar surface area (TPSA) is 65.7 Å². The van der Waals surface area contributed by atoms with Gasteiger partial charge in [-0.25, -0.2) is 9.59 Å². The second-order valence-electron chi connectivity index (χ2n) is 5.96. The molecule has 1 heterocycles. The predicted molar refractivity (Wildman–Crippen MR) is 91.3 cm³/mol. The van der Waals surface area contributed by atoms with Crippen LogP contribution in [0.1, 0.15) is 13.8 Å². The van der Waals surface area contributed by atoms with Crippen LogP contribution in [0, 0.1) is 5.92 Å². The molecule has 0 aliphatic rings. The number of hydrogen-bond acceptors (Lipinski definition) is 5. The minimum atomic E-state index is -0.427. The molecule has 0 saturated carbocycles. The Balaban J connectivity index is 1.83. The summed E-state index contributed by atoms with van der Waals surface area (Å²) < 4.78 is 15.8. The molecular weight excluding hydrogens is 308 g/mol. The van der Waals surface area contributed by atoms with Crippen molar-refractivity contribution in [3.63, 3.8) is 0 Å². The third-order valence-corrected chi connectivity index (χ3v) is 3.53. The Bertz CT molecular complexity index is 939. The van der Waals surface area contributed by atoms with Crippen LogP contribution in [0.5, 0.6) is 5.75 Å². The van der Waals surface area contributed by atoms with Gasteiger partial charge in [-0.3, -0.25) is 0 Å². The van der Waals surface area contributed by atoms with Gasteiger partial charge in [0.15, 0.2) is 6.61 Å². The van der Waals surface area contributed by atoms with Gasteiger partial charge in [0, 0.05) is 11.5 Å². The van der Waals surface area contributed by atoms with Gasteiger partial charge in [-0.05, 0) is 29.5 Å². The van der Waals surface area contributed by atoms with Crippen molar-refractivity contribution in [2.24, 2.45) is 5.92 Å². The van der Waals surface area contributed by atoms with Gasteiger partial charge in [-0.2, -0.15) is 0 Å². The average Bonchev–Trinajstić information content (AvgIpc) is 2.58. The number of carbonyl (C=O) groups is 1. The van der Waals surface area contributed by atoms with Gasteiger partial charge in [-0.15, -0.1) is 0 Å². The van der Waals surface area contributed by atoms with Crippen molar-refractivity contribution < 1.29 is 18.7 Å². The monoisotopic (exact) mass is 326 g/mol. The first-order valence-electron chi connectivity index (χ1n) is 7.78. The van der Waals surface area contributed by atoms with E-state index >= 15 is 0 Å². The Morgan fingerprint density at radius 1 is 1.08 bits per heavy atom. The lowest BCUT2D eigenvalue weighted by molar-refractivity contribution is -0.147. The van der Waals surface area contributed by atoms with E-state index < -0.39 is 11.6 Å². The third kappa shape index (κ3) is 3.40. The number of carbonyl (C=O) groups excluding carboxylic acids is 1. The second kappa shape index (κ2) is 6.74. The van der Waals surface area contributed by atoms with Gasteiger partial charge < -0.3 is 13.9 Å². The van der Waals surface area contributed by atoms with E-state index in [1.54, 1.807) is 24.3 Å². The normalized spacial score (nSPS) is 11.1. The maximum Gasteiger partial charge on any atom is 0.344 e. The Labute approximate surface area is 138 Å². The second-order valence-corrected chi connectivity index (χ2v) is 5.96. The molecule has 0 fully saturated rings. The third-order valence-electron chi connectivity index (χ3n) is 3.53. The summed E-state index contributed by atoms with van der Waals surface area (Å²) in [5, 5.41) is 2.18. The number of fused-ring (bicyclic) bond motifs is 3. The molecule has 5 heteroatoms. The van der Waals surface area contributed by atoms with E-state index in [0.717, 1.165) is 10.8 Å². The van der Waals surface area contributed by atoms with Gasteiger partial charge in [0.2, 0.25) is 0 Å². The zero-order chi connectivity index (χ0) is 17.1. The zero-order valence-corrected chi connectivity index (χ0v) is 13.6. The fraction of sp³-hybridized carbons (Fsp3) is 0.263. The molecule has 0 aliphatic heterocycles. The standard InChI is InChI=1S/C19H18O5/c1-12(2)10-23-18(20)11-22-13-7-8-15-14-5-3-4-6-16(14)19(21)24-17(15)9-13/h3-9,12H,10-11H2,1-2H3. The van der Waals surface area contributed by atoms with Crippen LogP contribution in [-0.2, 0) is 9.53 Å². The highest BCUT2D eigenvalue weighted by molar-refractivity contribution is 6.04. The molecule has 24 heavy (non-hydrogen) atoms. The molecule has 0 atom stereocenters. The molecule has 0 unspecified atom stereocenters. The van der Waals surface area contributed by atoms with E-state index in [4.69, 9.17) is 13.9 Å². The maximum atomic E-state index is 12.0. The van der Waals surface area contributed by atoms with Gasteiger partial charge in [0.25, 0.3) is 0 Å². The molecule has 3 rings (SSSR count). The molecule has 3 aromatic rings. The zero-order valence-electron chi connectivity index (χ0n) is 13.6. The van der Waals surface area contributed by atoms with Crippen molar-refractivity contribution in [3.05, 3.63) is 52.9 Å². The summed E-state index contributed by atoms with van der Waals surface area (Å²) in [7, 11) is 0. The summed E-state index contributed by atoms with van der Waals surface area (Å²) in [5.74, 6) is 0.295. The molecule has 0 bridgehead atoms. The minimum absolute atomic E-state index is 0.184. The van der Waals surface area contributed by atoms with Crippen LogP contribution in [0.4, 0.5) is 0 Å². The number of benzene rings is 2. The lowest BCUT2D eigenvalue weighted by atomic mass is 10.1. The first kappa shape index (κ1) is 16.1. The SMILES string of the molecule is CC(C)COC(=O)COc1ccc2c(c1)oc(=O)c1ccccc12. The average molecular weight is 326 g/mol. The van der Waals surface area contributed by atoms with Crippen LogP contribution in [0.25, 0.3) is 21.7 Å².